The second-order valence-corrected chi connectivity index (χ2v) is 4.41. The summed E-state index contributed by atoms with van der Waals surface area (Å²) in [5, 5.41) is 8.81. The van der Waals surface area contributed by atoms with Crippen LogP contribution < -0.4 is 10.9 Å². The number of rotatable bonds is 4. The van der Waals surface area contributed by atoms with Gasteiger partial charge in [-0.25, -0.2) is 10.2 Å². The summed E-state index contributed by atoms with van der Waals surface area (Å²) in [4.78, 5) is 22.5. The van der Waals surface area contributed by atoms with E-state index in [2.05, 4.69) is 24.7 Å². The Morgan fingerprint density at radius 3 is 2.48 bits per heavy atom. The second-order valence-electron chi connectivity index (χ2n) is 4.41. The lowest BCUT2D eigenvalue weighted by atomic mass is 10.1. The van der Waals surface area contributed by atoms with Gasteiger partial charge in [0.2, 0.25) is 5.78 Å². The number of hydrazine groups is 1. The molecule has 6 heteroatoms. The molecule has 1 heterocycles. The standard InChI is InChI=1S/C12H12N2O4.C3H8/c15-11-9(6-13-14-10(11)12(16)17)18-7-8-4-2-1-3-5-8;1-3-2/h1-6,10,13-14H,7H2,(H,16,17);3H2,1-2H3. The van der Waals surface area contributed by atoms with Gasteiger partial charge in [-0.1, -0.05) is 50.6 Å². The van der Waals surface area contributed by atoms with E-state index in [1.54, 1.807) is 0 Å². The number of hydrogen-bond acceptors (Lipinski definition) is 5. The van der Waals surface area contributed by atoms with E-state index < -0.39 is 17.8 Å². The summed E-state index contributed by atoms with van der Waals surface area (Å²) in [6.07, 6.45) is 2.56. The van der Waals surface area contributed by atoms with Crippen molar-refractivity contribution in [3.05, 3.63) is 47.9 Å². The minimum atomic E-state index is -1.32. The predicted octanol–water partition coefficient (Wildman–Crippen LogP) is 1.59. The van der Waals surface area contributed by atoms with Gasteiger partial charge in [-0.05, 0) is 5.56 Å². The van der Waals surface area contributed by atoms with E-state index >= 15 is 0 Å². The van der Waals surface area contributed by atoms with E-state index in [1.165, 1.54) is 12.6 Å². The van der Waals surface area contributed by atoms with Gasteiger partial charge in [0, 0.05) is 0 Å². The summed E-state index contributed by atoms with van der Waals surface area (Å²) in [5.74, 6) is -1.84. The van der Waals surface area contributed by atoms with Crippen LogP contribution in [0.1, 0.15) is 25.8 Å². The molecular weight excluding hydrogens is 272 g/mol. The van der Waals surface area contributed by atoms with Crippen LogP contribution in [0.5, 0.6) is 0 Å². The molecule has 1 aromatic rings. The number of hydrogen-bond donors (Lipinski definition) is 3. The Morgan fingerprint density at radius 2 is 1.90 bits per heavy atom. The van der Waals surface area contributed by atoms with Crippen molar-refractivity contribution < 1.29 is 19.4 Å². The maximum atomic E-state index is 11.7. The van der Waals surface area contributed by atoms with Crippen molar-refractivity contribution in [1.29, 1.82) is 0 Å². The minimum absolute atomic E-state index is 0.00463. The van der Waals surface area contributed by atoms with Crippen molar-refractivity contribution in [2.45, 2.75) is 32.9 Å². The molecule has 1 aliphatic rings. The van der Waals surface area contributed by atoms with Crippen molar-refractivity contribution >= 4 is 11.8 Å². The number of benzene rings is 1. The molecule has 2 rings (SSSR count). The number of aliphatic carboxylic acids is 1. The van der Waals surface area contributed by atoms with Crippen molar-refractivity contribution in [2.75, 3.05) is 0 Å². The van der Waals surface area contributed by atoms with Crippen molar-refractivity contribution in [2.24, 2.45) is 0 Å². The Morgan fingerprint density at radius 1 is 1.29 bits per heavy atom. The second kappa shape index (κ2) is 8.76. The SMILES string of the molecule is CCC.O=C(O)C1NNC=C(OCc2ccccc2)C1=O. The molecule has 0 saturated heterocycles. The third-order valence-corrected chi connectivity index (χ3v) is 2.42. The molecule has 0 bridgehead atoms. The van der Waals surface area contributed by atoms with E-state index in [9.17, 15) is 9.59 Å². The van der Waals surface area contributed by atoms with Gasteiger partial charge < -0.3 is 15.3 Å². The largest absolute Gasteiger partial charge is 0.484 e. The number of nitrogens with one attached hydrogen (secondary N) is 2. The number of Topliss-reactive ketones (excluding diaryl/α,β-unsaturated/α-hetero) is 1. The first-order valence-electron chi connectivity index (χ1n) is 6.75. The van der Waals surface area contributed by atoms with Crippen LogP contribution in [0.15, 0.2) is 42.3 Å². The average Bonchev–Trinajstić information content (AvgIpc) is 2.48. The van der Waals surface area contributed by atoms with Gasteiger partial charge in [0.1, 0.15) is 6.61 Å². The first-order chi connectivity index (χ1) is 10.1. The number of carboxylic acid groups (broad SMARTS) is 1. The van der Waals surface area contributed by atoms with Crippen LogP contribution >= 0.6 is 0 Å². The summed E-state index contributed by atoms with van der Waals surface area (Å²) < 4.78 is 5.31. The van der Waals surface area contributed by atoms with Crippen molar-refractivity contribution in [1.82, 2.24) is 10.9 Å². The monoisotopic (exact) mass is 292 g/mol. The zero-order chi connectivity index (χ0) is 15.7. The summed E-state index contributed by atoms with van der Waals surface area (Å²) in [6.45, 7) is 4.46. The highest BCUT2D eigenvalue weighted by molar-refractivity contribution is 6.10. The summed E-state index contributed by atoms with van der Waals surface area (Å²) in [5.41, 5.74) is 5.73. The smallest absolute Gasteiger partial charge is 0.330 e. The van der Waals surface area contributed by atoms with Crippen molar-refractivity contribution in [3.63, 3.8) is 0 Å². The fraction of sp³-hybridized carbons (Fsp3) is 0.333. The van der Waals surface area contributed by atoms with Crippen LogP contribution in [-0.2, 0) is 20.9 Å². The number of carboxylic acids is 1. The molecule has 0 amide bonds. The first-order valence-corrected chi connectivity index (χ1v) is 6.75. The van der Waals surface area contributed by atoms with Gasteiger partial charge in [-0.2, -0.15) is 0 Å². The molecule has 1 aliphatic heterocycles. The fourth-order valence-corrected chi connectivity index (χ4v) is 1.49. The van der Waals surface area contributed by atoms with E-state index in [-0.39, 0.29) is 12.4 Å². The third-order valence-electron chi connectivity index (χ3n) is 2.42. The first kappa shape index (κ1) is 16.7. The van der Waals surface area contributed by atoms with Crippen LogP contribution in [0.3, 0.4) is 0 Å². The van der Waals surface area contributed by atoms with Crippen LogP contribution in [0, 0.1) is 0 Å². The zero-order valence-electron chi connectivity index (χ0n) is 12.1. The Labute approximate surface area is 123 Å². The molecular formula is C15H20N2O4. The van der Waals surface area contributed by atoms with Gasteiger partial charge in [-0.15, -0.1) is 0 Å². The lowest BCUT2D eigenvalue weighted by Crippen LogP contribution is -2.52. The van der Waals surface area contributed by atoms with E-state index in [1.807, 2.05) is 30.3 Å². The Balaban J connectivity index is 0.000000677. The van der Waals surface area contributed by atoms with Crippen LogP contribution in [0.2, 0.25) is 0 Å². The van der Waals surface area contributed by atoms with Crippen LogP contribution in [-0.4, -0.2) is 22.9 Å². The number of ketones is 1. The van der Waals surface area contributed by atoms with Gasteiger partial charge in [-0.3, -0.25) is 4.79 Å². The molecule has 0 radical (unpaired) electrons. The fourth-order valence-electron chi connectivity index (χ4n) is 1.49. The molecule has 0 aromatic heterocycles. The lowest BCUT2D eigenvalue weighted by molar-refractivity contribution is -0.144. The molecule has 114 valence electrons. The topological polar surface area (TPSA) is 87.7 Å². The highest BCUT2D eigenvalue weighted by Crippen LogP contribution is 2.10. The minimum Gasteiger partial charge on any atom is -0.484 e. The molecule has 0 fully saturated rings. The Hall–Kier alpha value is -2.34. The maximum absolute atomic E-state index is 11.7. The van der Waals surface area contributed by atoms with E-state index in [0.29, 0.717) is 0 Å². The Bertz CT molecular complexity index is 500. The van der Waals surface area contributed by atoms with Crippen LogP contribution in [0.4, 0.5) is 0 Å². The summed E-state index contributed by atoms with van der Waals surface area (Å²) in [6, 6.07) is 7.98. The highest BCUT2D eigenvalue weighted by Gasteiger charge is 2.32. The molecule has 0 saturated carbocycles. The Kier molecular flexibility index (Phi) is 6.97. The summed E-state index contributed by atoms with van der Waals surface area (Å²) >= 11 is 0. The lowest BCUT2D eigenvalue weighted by Gasteiger charge is -2.20. The molecule has 0 aliphatic carbocycles. The average molecular weight is 292 g/mol. The molecule has 1 unspecified atom stereocenters. The molecule has 21 heavy (non-hydrogen) atoms. The number of carbonyl (C=O) groups is 2. The number of ether oxygens (including phenoxy) is 1. The maximum Gasteiger partial charge on any atom is 0.330 e. The number of carbonyl (C=O) groups excluding carboxylic acids is 1. The molecule has 3 N–H and O–H groups in total. The van der Waals surface area contributed by atoms with Gasteiger partial charge in [0.15, 0.2) is 11.8 Å². The van der Waals surface area contributed by atoms with Crippen LogP contribution in [0.25, 0.3) is 0 Å². The van der Waals surface area contributed by atoms with Gasteiger partial charge >= 0.3 is 5.97 Å². The molecule has 1 atom stereocenters. The molecule has 0 spiro atoms. The predicted molar refractivity (Wildman–Crippen MR) is 78.0 cm³/mol. The van der Waals surface area contributed by atoms with Gasteiger partial charge in [0.25, 0.3) is 0 Å². The van der Waals surface area contributed by atoms with Gasteiger partial charge in [0.05, 0.1) is 6.20 Å². The van der Waals surface area contributed by atoms with E-state index in [4.69, 9.17) is 9.84 Å². The third kappa shape index (κ3) is 5.27. The quantitative estimate of drug-likeness (QED) is 0.730. The normalized spacial score (nSPS) is 17.0. The van der Waals surface area contributed by atoms with Crippen molar-refractivity contribution in [3.8, 4) is 0 Å². The summed E-state index contributed by atoms with van der Waals surface area (Å²) in [7, 11) is 0. The zero-order valence-corrected chi connectivity index (χ0v) is 12.1. The van der Waals surface area contributed by atoms with E-state index in [0.717, 1.165) is 5.56 Å². The highest BCUT2D eigenvalue weighted by atomic mass is 16.5. The molecule has 6 nitrogen and oxygen atoms in total. The molecule has 1 aromatic carbocycles.